The Morgan fingerprint density at radius 3 is 2.34 bits per heavy atom. The van der Waals surface area contributed by atoms with Crippen molar-refractivity contribution >= 4 is 35.1 Å². The fourth-order valence-corrected chi connectivity index (χ4v) is 3.46. The number of esters is 1. The molecule has 2 rings (SSSR count). The number of nitrogens with zero attached hydrogens (tertiary/aromatic N) is 4. The van der Waals surface area contributed by atoms with E-state index in [1.807, 2.05) is 12.1 Å². The number of ether oxygens (including phenoxy) is 3. The van der Waals surface area contributed by atoms with Crippen LogP contribution in [0, 0.1) is 28.6 Å². The van der Waals surface area contributed by atoms with Gasteiger partial charge < -0.3 is 24.0 Å². The zero-order chi connectivity index (χ0) is 23.7. The number of benzene rings is 1. The van der Waals surface area contributed by atoms with Crippen LogP contribution in [0.15, 0.2) is 12.1 Å². The Kier molecular flexibility index (Phi) is 9.11. The topological polar surface area (TPSA) is 133 Å². The van der Waals surface area contributed by atoms with Gasteiger partial charge >= 0.3 is 5.97 Å². The molecule has 2 amide bonds. The molecule has 0 spiro atoms. The van der Waals surface area contributed by atoms with Crippen LogP contribution < -0.4 is 14.4 Å². The second-order valence-electron chi connectivity index (χ2n) is 6.87. The van der Waals surface area contributed by atoms with Crippen LogP contribution in [0.25, 0.3) is 0 Å². The molecule has 1 aliphatic rings. The molecule has 0 N–H and O–H groups in total. The Balaban J connectivity index is 2.03. The smallest absolute Gasteiger partial charge is 0.311 e. The summed E-state index contributed by atoms with van der Waals surface area (Å²) in [5.74, 6) is -1.54. The van der Waals surface area contributed by atoms with E-state index < -0.39 is 24.4 Å². The lowest BCUT2D eigenvalue weighted by Crippen LogP contribution is -2.37. The second-order valence-corrected chi connectivity index (χ2v) is 7.28. The highest BCUT2D eigenvalue weighted by molar-refractivity contribution is 6.32. The molecule has 0 bridgehead atoms. The van der Waals surface area contributed by atoms with Crippen LogP contribution in [0.3, 0.4) is 0 Å². The van der Waals surface area contributed by atoms with Crippen molar-refractivity contribution in [3.63, 3.8) is 0 Å². The molecular formula is C21H23ClN4O6. The number of carbonyl (C=O) groups excluding carboxylic acids is 3. The minimum absolute atomic E-state index is 0.0391. The molecule has 0 radical (unpaired) electrons. The van der Waals surface area contributed by atoms with E-state index in [9.17, 15) is 14.4 Å². The number of amides is 2. The van der Waals surface area contributed by atoms with E-state index in [4.69, 9.17) is 36.3 Å². The van der Waals surface area contributed by atoms with Crippen molar-refractivity contribution in [2.24, 2.45) is 5.92 Å². The van der Waals surface area contributed by atoms with Gasteiger partial charge in [-0.15, -0.1) is 0 Å². The molecule has 10 nitrogen and oxygen atoms in total. The predicted octanol–water partition coefficient (Wildman–Crippen LogP) is 1.91. The molecule has 1 aliphatic heterocycles. The van der Waals surface area contributed by atoms with Crippen molar-refractivity contribution in [1.29, 1.82) is 10.5 Å². The molecule has 1 atom stereocenters. The first-order chi connectivity index (χ1) is 15.4. The first-order valence-corrected chi connectivity index (χ1v) is 10.1. The Labute approximate surface area is 190 Å². The molecule has 11 heteroatoms. The molecular weight excluding hydrogens is 440 g/mol. The number of anilines is 1. The molecule has 170 valence electrons. The maximum Gasteiger partial charge on any atom is 0.311 e. The quantitative estimate of drug-likeness (QED) is 0.481. The molecule has 1 fully saturated rings. The van der Waals surface area contributed by atoms with Crippen molar-refractivity contribution in [3.05, 3.63) is 17.2 Å². The van der Waals surface area contributed by atoms with Crippen LogP contribution in [-0.2, 0) is 19.1 Å². The Morgan fingerprint density at radius 2 is 1.78 bits per heavy atom. The summed E-state index contributed by atoms with van der Waals surface area (Å²) in [6.07, 6.45) is 0.110. The van der Waals surface area contributed by atoms with Crippen molar-refractivity contribution in [2.75, 3.05) is 45.4 Å². The van der Waals surface area contributed by atoms with Gasteiger partial charge in [0, 0.05) is 32.1 Å². The van der Waals surface area contributed by atoms with Crippen LogP contribution in [0.2, 0.25) is 5.02 Å². The zero-order valence-electron chi connectivity index (χ0n) is 17.8. The predicted molar refractivity (Wildman–Crippen MR) is 113 cm³/mol. The van der Waals surface area contributed by atoms with Gasteiger partial charge in [-0.3, -0.25) is 14.4 Å². The molecule has 0 aliphatic carbocycles. The molecule has 1 aromatic rings. The lowest BCUT2D eigenvalue weighted by Gasteiger charge is -2.21. The van der Waals surface area contributed by atoms with Crippen molar-refractivity contribution < 1.29 is 28.6 Å². The Morgan fingerprint density at radius 1 is 1.16 bits per heavy atom. The van der Waals surface area contributed by atoms with Crippen LogP contribution >= 0.6 is 11.6 Å². The van der Waals surface area contributed by atoms with Gasteiger partial charge in [-0.25, -0.2) is 0 Å². The first-order valence-electron chi connectivity index (χ1n) is 9.76. The van der Waals surface area contributed by atoms with Gasteiger partial charge in [-0.2, -0.15) is 10.5 Å². The summed E-state index contributed by atoms with van der Waals surface area (Å²) >= 11 is 6.18. The second kappa shape index (κ2) is 11.8. The summed E-state index contributed by atoms with van der Waals surface area (Å²) in [6, 6.07) is 6.93. The van der Waals surface area contributed by atoms with Crippen LogP contribution in [0.4, 0.5) is 5.69 Å². The van der Waals surface area contributed by atoms with E-state index >= 15 is 0 Å². The molecule has 1 aromatic carbocycles. The van der Waals surface area contributed by atoms with Crippen LogP contribution in [-0.4, -0.2) is 63.1 Å². The van der Waals surface area contributed by atoms with Crippen LogP contribution in [0.1, 0.15) is 19.3 Å². The largest absolute Gasteiger partial charge is 0.495 e. The number of hydrogen-bond donors (Lipinski definition) is 0. The summed E-state index contributed by atoms with van der Waals surface area (Å²) in [6.45, 7) is -0.208. The molecule has 32 heavy (non-hydrogen) atoms. The summed E-state index contributed by atoms with van der Waals surface area (Å²) in [4.78, 5) is 40.0. The van der Waals surface area contributed by atoms with Gasteiger partial charge in [0.05, 0.1) is 55.8 Å². The maximum atomic E-state index is 12.6. The van der Waals surface area contributed by atoms with Gasteiger partial charge in [0.25, 0.3) is 5.91 Å². The molecule has 1 unspecified atom stereocenters. The van der Waals surface area contributed by atoms with Gasteiger partial charge in [-0.1, -0.05) is 11.6 Å². The Bertz CT molecular complexity index is 937. The van der Waals surface area contributed by atoms with E-state index in [-0.39, 0.29) is 49.8 Å². The first kappa shape index (κ1) is 24.8. The van der Waals surface area contributed by atoms with Crippen LogP contribution in [0.5, 0.6) is 11.5 Å². The fraction of sp³-hybridized carbons (Fsp3) is 0.476. The third-order valence-corrected chi connectivity index (χ3v) is 5.18. The summed E-state index contributed by atoms with van der Waals surface area (Å²) in [7, 11) is 2.89. The molecule has 0 aromatic heterocycles. The Hall–Kier alpha value is -3.50. The van der Waals surface area contributed by atoms with Crippen molar-refractivity contribution in [2.45, 2.75) is 19.3 Å². The number of hydrogen-bond acceptors (Lipinski definition) is 8. The third kappa shape index (κ3) is 6.02. The molecule has 1 heterocycles. The number of rotatable bonds is 10. The average molecular weight is 463 g/mol. The highest BCUT2D eigenvalue weighted by Gasteiger charge is 2.38. The van der Waals surface area contributed by atoms with Gasteiger partial charge in [0.2, 0.25) is 5.91 Å². The minimum Gasteiger partial charge on any atom is -0.495 e. The van der Waals surface area contributed by atoms with Gasteiger partial charge in [0.15, 0.2) is 6.61 Å². The highest BCUT2D eigenvalue weighted by atomic mass is 35.5. The lowest BCUT2D eigenvalue weighted by molar-refractivity contribution is -0.155. The SMILES string of the molecule is COc1cc(OC)c(N2CC(C(=O)OCC(=O)N(CCC#N)CCC#N)CC2=O)cc1Cl. The fourth-order valence-electron chi connectivity index (χ4n) is 3.23. The summed E-state index contributed by atoms with van der Waals surface area (Å²) in [5, 5.41) is 17.7. The lowest BCUT2D eigenvalue weighted by atomic mass is 10.1. The average Bonchev–Trinajstić information content (AvgIpc) is 3.18. The van der Waals surface area contributed by atoms with E-state index in [1.165, 1.54) is 30.1 Å². The highest BCUT2D eigenvalue weighted by Crippen LogP contribution is 2.40. The number of methoxy groups -OCH3 is 2. The summed E-state index contributed by atoms with van der Waals surface area (Å²) < 4.78 is 15.6. The number of nitriles is 2. The van der Waals surface area contributed by atoms with Crippen molar-refractivity contribution in [1.82, 2.24) is 4.90 Å². The number of halogens is 1. The van der Waals surface area contributed by atoms with Crippen molar-refractivity contribution in [3.8, 4) is 23.6 Å². The van der Waals surface area contributed by atoms with E-state index in [0.717, 1.165) is 0 Å². The summed E-state index contributed by atoms with van der Waals surface area (Å²) in [5.41, 5.74) is 0.397. The van der Waals surface area contributed by atoms with E-state index in [2.05, 4.69) is 0 Å². The molecule has 1 saturated heterocycles. The standard InChI is InChI=1S/C21H23ClN4O6/c1-30-17-11-18(31-2)16(10-15(17)22)26-12-14(9-19(26)27)21(29)32-13-20(28)25(7-3-5-23)8-4-6-24/h10-11,14H,3-4,7-9,12-13H2,1-2H3. The monoisotopic (exact) mass is 462 g/mol. The van der Waals surface area contributed by atoms with E-state index in [0.29, 0.717) is 17.2 Å². The minimum atomic E-state index is -0.771. The zero-order valence-corrected chi connectivity index (χ0v) is 18.6. The van der Waals surface area contributed by atoms with E-state index in [1.54, 1.807) is 6.07 Å². The number of carbonyl (C=O) groups is 3. The van der Waals surface area contributed by atoms with Gasteiger partial charge in [0.1, 0.15) is 11.5 Å². The molecule has 0 saturated carbocycles. The van der Waals surface area contributed by atoms with Gasteiger partial charge in [-0.05, 0) is 6.07 Å². The third-order valence-electron chi connectivity index (χ3n) is 4.88. The maximum absolute atomic E-state index is 12.6. The normalized spacial score (nSPS) is 15.0.